The van der Waals surface area contributed by atoms with Crippen LogP contribution >= 0.6 is 0 Å². The first-order valence-corrected chi connectivity index (χ1v) is 6.32. The van der Waals surface area contributed by atoms with Crippen molar-refractivity contribution in [3.63, 3.8) is 0 Å². The van der Waals surface area contributed by atoms with Crippen molar-refractivity contribution in [2.45, 2.75) is 26.3 Å². The lowest BCUT2D eigenvalue weighted by atomic mass is 10.1. The molecule has 0 spiro atoms. The number of amides is 1. The molecule has 0 fully saturated rings. The van der Waals surface area contributed by atoms with E-state index in [1.165, 1.54) is 5.56 Å². The van der Waals surface area contributed by atoms with Crippen LogP contribution in [0.15, 0.2) is 24.3 Å². The van der Waals surface area contributed by atoms with Crippen molar-refractivity contribution >= 4 is 17.3 Å². The number of para-hydroxylation sites is 1. The number of anilines is 2. The molecular formula is C14H16N4O. The number of aromatic nitrogens is 2. The zero-order chi connectivity index (χ0) is 13.4. The Balaban J connectivity index is 1.74. The van der Waals surface area contributed by atoms with Crippen LogP contribution in [0.1, 0.15) is 17.0 Å². The standard InChI is InChI=1S/C14H16N4O/c1-8-13(9(2)18-17-8)16-14(19)12-7-10-5-3-4-6-11(10)15-12/h3-6,12,15H,7H2,1-2H3,(H,16,19)(H,17,18). The third kappa shape index (κ3) is 2.07. The number of H-pyrrole nitrogens is 1. The Hall–Kier alpha value is -2.30. The molecule has 1 aliphatic heterocycles. The zero-order valence-corrected chi connectivity index (χ0v) is 10.9. The smallest absolute Gasteiger partial charge is 0.247 e. The lowest BCUT2D eigenvalue weighted by Gasteiger charge is -2.12. The van der Waals surface area contributed by atoms with E-state index < -0.39 is 0 Å². The molecule has 0 radical (unpaired) electrons. The van der Waals surface area contributed by atoms with Crippen LogP contribution in [0.3, 0.4) is 0 Å². The van der Waals surface area contributed by atoms with Crippen molar-refractivity contribution in [2.24, 2.45) is 0 Å². The summed E-state index contributed by atoms with van der Waals surface area (Å²) in [7, 11) is 0. The Morgan fingerprint density at radius 2 is 2.16 bits per heavy atom. The van der Waals surface area contributed by atoms with Crippen molar-refractivity contribution in [1.82, 2.24) is 10.2 Å². The van der Waals surface area contributed by atoms with Gasteiger partial charge in [0.1, 0.15) is 6.04 Å². The average molecular weight is 256 g/mol. The van der Waals surface area contributed by atoms with Crippen LogP contribution in [0.5, 0.6) is 0 Å². The Kier molecular flexibility index (Phi) is 2.74. The van der Waals surface area contributed by atoms with E-state index in [1.54, 1.807) is 0 Å². The number of nitrogens with one attached hydrogen (secondary N) is 3. The van der Waals surface area contributed by atoms with Crippen molar-refractivity contribution in [1.29, 1.82) is 0 Å². The van der Waals surface area contributed by atoms with Gasteiger partial charge in [0.2, 0.25) is 5.91 Å². The van der Waals surface area contributed by atoms with Gasteiger partial charge in [0.05, 0.1) is 17.1 Å². The fraction of sp³-hybridized carbons (Fsp3) is 0.286. The number of fused-ring (bicyclic) bond motifs is 1. The molecule has 1 amide bonds. The number of nitrogens with zero attached hydrogens (tertiary/aromatic N) is 1. The van der Waals surface area contributed by atoms with Gasteiger partial charge in [0, 0.05) is 12.1 Å². The third-order valence-corrected chi connectivity index (χ3v) is 3.46. The predicted octanol–water partition coefficient (Wildman–Crippen LogP) is 2.00. The van der Waals surface area contributed by atoms with E-state index in [0.717, 1.165) is 29.2 Å². The van der Waals surface area contributed by atoms with Crippen molar-refractivity contribution in [3.05, 3.63) is 41.2 Å². The number of carbonyl (C=O) groups is 1. The molecule has 3 N–H and O–H groups in total. The number of rotatable bonds is 2. The highest BCUT2D eigenvalue weighted by atomic mass is 16.2. The van der Waals surface area contributed by atoms with Crippen molar-refractivity contribution < 1.29 is 4.79 Å². The summed E-state index contributed by atoms with van der Waals surface area (Å²) >= 11 is 0. The minimum atomic E-state index is -0.217. The molecule has 98 valence electrons. The molecule has 5 heteroatoms. The van der Waals surface area contributed by atoms with E-state index in [9.17, 15) is 4.79 Å². The summed E-state index contributed by atoms with van der Waals surface area (Å²) in [6, 6.07) is 7.79. The molecule has 1 aromatic heterocycles. The van der Waals surface area contributed by atoms with Gasteiger partial charge in [-0.2, -0.15) is 5.10 Å². The van der Waals surface area contributed by atoms with Crippen LogP contribution < -0.4 is 10.6 Å². The molecule has 0 aliphatic carbocycles. The molecule has 0 saturated heterocycles. The van der Waals surface area contributed by atoms with E-state index in [-0.39, 0.29) is 11.9 Å². The fourth-order valence-corrected chi connectivity index (χ4v) is 2.40. The van der Waals surface area contributed by atoms with Crippen LogP contribution in [0.4, 0.5) is 11.4 Å². The van der Waals surface area contributed by atoms with Gasteiger partial charge in [-0.25, -0.2) is 0 Å². The Bertz CT molecular complexity index is 588. The summed E-state index contributed by atoms with van der Waals surface area (Å²) in [6.45, 7) is 3.77. The van der Waals surface area contributed by atoms with Crippen LogP contribution in [-0.4, -0.2) is 22.1 Å². The Morgan fingerprint density at radius 1 is 1.37 bits per heavy atom. The molecule has 0 bridgehead atoms. The molecule has 1 atom stereocenters. The van der Waals surface area contributed by atoms with Crippen LogP contribution in [0, 0.1) is 13.8 Å². The van der Waals surface area contributed by atoms with Gasteiger partial charge >= 0.3 is 0 Å². The van der Waals surface area contributed by atoms with Gasteiger partial charge in [-0.05, 0) is 25.5 Å². The van der Waals surface area contributed by atoms with Crippen LogP contribution in [-0.2, 0) is 11.2 Å². The van der Waals surface area contributed by atoms with E-state index in [4.69, 9.17) is 0 Å². The first kappa shape index (κ1) is 11.8. The molecule has 0 saturated carbocycles. The molecule has 1 aromatic carbocycles. The largest absolute Gasteiger partial charge is 0.373 e. The average Bonchev–Trinajstić information content (AvgIpc) is 2.97. The lowest BCUT2D eigenvalue weighted by molar-refractivity contribution is -0.116. The highest BCUT2D eigenvalue weighted by Crippen LogP contribution is 2.26. The van der Waals surface area contributed by atoms with Gasteiger partial charge in [0.25, 0.3) is 0 Å². The normalized spacial score (nSPS) is 16.8. The summed E-state index contributed by atoms with van der Waals surface area (Å²) < 4.78 is 0. The summed E-state index contributed by atoms with van der Waals surface area (Å²) in [6.07, 6.45) is 0.720. The maximum atomic E-state index is 12.3. The van der Waals surface area contributed by atoms with Crippen LogP contribution in [0.2, 0.25) is 0 Å². The zero-order valence-electron chi connectivity index (χ0n) is 10.9. The Morgan fingerprint density at radius 3 is 2.84 bits per heavy atom. The molecule has 2 heterocycles. The lowest BCUT2D eigenvalue weighted by Crippen LogP contribution is -2.33. The quantitative estimate of drug-likeness (QED) is 0.769. The van der Waals surface area contributed by atoms with E-state index in [2.05, 4.69) is 20.8 Å². The third-order valence-electron chi connectivity index (χ3n) is 3.46. The number of benzene rings is 1. The highest BCUT2D eigenvalue weighted by Gasteiger charge is 2.27. The molecule has 5 nitrogen and oxygen atoms in total. The first-order valence-electron chi connectivity index (χ1n) is 6.32. The maximum Gasteiger partial charge on any atom is 0.247 e. The molecule has 3 rings (SSSR count). The van der Waals surface area contributed by atoms with Crippen molar-refractivity contribution in [2.75, 3.05) is 10.6 Å². The number of aryl methyl sites for hydroxylation is 2. The summed E-state index contributed by atoms with van der Waals surface area (Å²) in [5.74, 6) is -0.0243. The fourth-order valence-electron chi connectivity index (χ4n) is 2.40. The highest BCUT2D eigenvalue weighted by molar-refractivity contribution is 5.98. The van der Waals surface area contributed by atoms with Crippen molar-refractivity contribution in [3.8, 4) is 0 Å². The van der Waals surface area contributed by atoms with E-state index >= 15 is 0 Å². The minimum Gasteiger partial charge on any atom is -0.373 e. The number of carbonyl (C=O) groups excluding carboxylic acids is 1. The summed E-state index contributed by atoms with van der Waals surface area (Å²) in [5.41, 5.74) is 4.69. The number of hydrogen-bond acceptors (Lipinski definition) is 3. The number of aromatic amines is 1. The van der Waals surface area contributed by atoms with Gasteiger partial charge in [0.15, 0.2) is 0 Å². The summed E-state index contributed by atoms with van der Waals surface area (Å²) in [4.78, 5) is 12.3. The van der Waals surface area contributed by atoms with E-state index in [1.807, 2.05) is 38.1 Å². The maximum absolute atomic E-state index is 12.3. The minimum absolute atomic E-state index is 0.0243. The monoisotopic (exact) mass is 256 g/mol. The second-order valence-electron chi connectivity index (χ2n) is 4.86. The second-order valence-corrected chi connectivity index (χ2v) is 4.86. The summed E-state index contributed by atoms with van der Waals surface area (Å²) in [5, 5.41) is 13.1. The molecule has 1 unspecified atom stereocenters. The first-order chi connectivity index (χ1) is 9.15. The van der Waals surface area contributed by atoms with Gasteiger partial charge in [-0.1, -0.05) is 18.2 Å². The second kappa shape index (κ2) is 4.42. The molecule has 2 aromatic rings. The molecular weight excluding hydrogens is 240 g/mol. The molecule has 1 aliphatic rings. The van der Waals surface area contributed by atoms with Crippen LogP contribution in [0.25, 0.3) is 0 Å². The SMILES string of the molecule is Cc1n[nH]c(C)c1NC(=O)C1Cc2ccccc2N1. The van der Waals surface area contributed by atoms with E-state index in [0.29, 0.717) is 0 Å². The molecule has 19 heavy (non-hydrogen) atoms. The topological polar surface area (TPSA) is 69.8 Å². The van der Waals surface area contributed by atoms with Gasteiger partial charge in [-0.15, -0.1) is 0 Å². The number of hydrogen-bond donors (Lipinski definition) is 3. The van der Waals surface area contributed by atoms with Gasteiger partial charge < -0.3 is 10.6 Å². The van der Waals surface area contributed by atoms with Gasteiger partial charge in [-0.3, -0.25) is 9.89 Å². The predicted molar refractivity (Wildman–Crippen MR) is 74.2 cm³/mol. The Labute approximate surface area is 111 Å².